The maximum atomic E-state index is 11.7. The Labute approximate surface area is 261 Å². The van der Waals surface area contributed by atoms with E-state index in [1.54, 1.807) is 0 Å². The van der Waals surface area contributed by atoms with Crippen LogP contribution in [0.4, 0.5) is 0 Å². The number of rotatable bonds is 8. The van der Waals surface area contributed by atoms with Crippen molar-refractivity contribution in [3.63, 3.8) is 0 Å². The van der Waals surface area contributed by atoms with E-state index in [9.17, 15) is 39.0 Å². The smallest absolute Gasteiger partial charge is 0.548 e. The van der Waals surface area contributed by atoms with E-state index in [2.05, 4.69) is 19.9 Å². The topological polar surface area (TPSA) is 212 Å². The number of H-pyrrole nitrogens is 2. The van der Waals surface area contributed by atoms with Crippen molar-refractivity contribution in [1.82, 2.24) is 29.7 Å². The molecule has 2 atom stereocenters. The maximum Gasteiger partial charge on any atom is 1.00 e. The summed E-state index contributed by atoms with van der Waals surface area (Å²) >= 11 is 0. The van der Waals surface area contributed by atoms with E-state index in [1.807, 2.05) is 0 Å². The molecule has 0 saturated carbocycles. The molecule has 4 amide bonds. The van der Waals surface area contributed by atoms with Gasteiger partial charge in [-0.05, 0) is 12.8 Å². The summed E-state index contributed by atoms with van der Waals surface area (Å²) in [5, 5.41) is 22.2. The Balaban J connectivity index is 0.000000361. The summed E-state index contributed by atoms with van der Waals surface area (Å²) in [6, 6.07) is -2.54. The average molecular weight is 546 g/mol. The first-order valence-corrected chi connectivity index (χ1v) is 11.2. The van der Waals surface area contributed by atoms with Crippen LogP contribution in [0.15, 0.2) is 25.0 Å². The number of likely N-dealkylation sites (tertiary alicyclic amines) is 2. The van der Waals surface area contributed by atoms with Gasteiger partial charge in [-0.2, -0.15) is 0 Å². The van der Waals surface area contributed by atoms with Gasteiger partial charge in [-0.3, -0.25) is 29.0 Å². The number of carbonyl (C=O) groups excluding carboxylic acids is 6. The molecule has 192 valence electrons. The van der Waals surface area contributed by atoms with E-state index in [4.69, 9.17) is 0 Å². The fourth-order valence-corrected chi connectivity index (χ4v) is 4.01. The Kier molecular flexibility index (Phi) is 14.1. The van der Waals surface area contributed by atoms with Gasteiger partial charge in [-0.15, -0.1) is 0 Å². The quantitative estimate of drug-likeness (QED) is 0.236. The van der Waals surface area contributed by atoms with Gasteiger partial charge in [0, 0.05) is 62.3 Å². The predicted octanol–water partition coefficient (Wildman–Crippen LogP) is -8.77. The first-order valence-electron chi connectivity index (χ1n) is 11.2. The molecule has 0 aliphatic carbocycles. The Morgan fingerprint density at radius 2 is 1.03 bits per heavy atom. The van der Waals surface area contributed by atoms with Gasteiger partial charge < -0.3 is 29.8 Å². The molecule has 0 unspecified atom stereocenters. The van der Waals surface area contributed by atoms with E-state index in [0.29, 0.717) is 24.2 Å². The second kappa shape index (κ2) is 15.9. The number of imide groups is 2. The standard InChI is InChI=1S/2C11H13N3O4.2Na/c2*15-9-2-1-3-10(16)14(9)8(11(17)18)4-7-5-12-6-13-7;;/h2*5-6,8H,1-4H2,(H,12,13)(H,17,18);;/q;;2*+1/p-2/t2*8-;;/m00../s1. The van der Waals surface area contributed by atoms with Crippen LogP contribution in [0.3, 0.4) is 0 Å². The molecule has 0 aromatic carbocycles. The van der Waals surface area contributed by atoms with Crippen LogP contribution in [-0.2, 0) is 41.6 Å². The number of aliphatic carboxylic acids is 2. The van der Waals surface area contributed by atoms with Crippen LogP contribution in [-0.4, -0.2) is 77.4 Å². The van der Waals surface area contributed by atoms with Crippen LogP contribution in [0.1, 0.15) is 49.9 Å². The summed E-state index contributed by atoms with van der Waals surface area (Å²) in [5.74, 6) is -4.71. The molecule has 2 N–H and O–H groups in total. The third kappa shape index (κ3) is 8.85. The largest absolute Gasteiger partial charge is 1.00 e. The van der Waals surface area contributed by atoms with E-state index < -0.39 is 47.7 Å². The molecule has 2 saturated heterocycles. The zero-order chi connectivity index (χ0) is 26.2. The normalized spacial score (nSPS) is 16.9. The molecule has 2 aliphatic rings. The van der Waals surface area contributed by atoms with Gasteiger partial charge in [0.05, 0.1) is 36.7 Å². The number of carboxylic acids is 2. The summed E-state index contributed by atoms with van der Waals surface area (Å²) in [4.78, 5) is 83.5. The molecule has 4 rings (SSSR count). The number of aromatic amines is 2. The summed E-state index contributed by atoms with van der Waals surface area (Å²) in [6.07, 6.45) is 7.40. The fourth-order valence-electron chi connectivity index (χ4n) is 4.01. The molecule has 4 heterocycles. The van der Waals surface area contributed by atoms with Gasteiger partial charge in [0.15, 0.2) is 0 Å². The summed E-state index contributed by atoms with van der Waals surface area (Å²) in [5.41, 5.74) is 1.07. The second-order valence-corrected chi connectivity index (χ2v) is 8.25. The molecule has 0 radical (unpaired) electrons. The number of nitrogens with one attached hydrogen (secondary N) is 2. The van der Waals surface area contributed by atoms with Crippen LogP contribution in [0.2, 0.25) is 0 Å². The summed E-state index contributed by atoms with van der Waals surface area (Å²) < 4.78 is 0. The number of imidazole rings is 2. The van der Waals surface area contributed by atoms with Gasteiger partial charge >= 0.3 is 59.1 Å². The van der Waals surface area contributed by atoms with Crippen LogP contribution in [0, 0.1) is 0 Å². The molecule has 0 spiro atoms. The minimum Gasteiger partial charge on any atom is -0.548 e. The molecule has 14 nitrogen and oxygen atoms in total. The van der Waals surface area contributed by atoms with Crippen molar-refractivity contribution in [2.75, 3.05) is 0 Å². The summed E-state index contributed by atoms with van der Waals surface area (Å²) in [7, 11) is 0. The molecular formula is C22H24N6Na2O8. The van der Waals surface area contributed by atoms with Crippen molar-refractivity contribution in [3.8, 4) is 0 Å². The first kappa shape index (κ1) is 33.7. The van der Waals surface area contributed by atoms with Crippen molar-refractivity contribution in [1.29, 1.82) is 0 Å². The van der Waals surface area contributed by atoms with Gasteiger partial charge in [-0.1, -0.05) is 0 Å². The monoisotopic (exact) mass is 546 g/mol. The van der Waals surface area contributed by atoms with Crippen LogP contribution in [0.5, 0.6) is 0 Å². The minimum atomic E-state index is -1.44. The Morgan fingerprint density at radius 1 is 0.711 bits per heavy atom. The van der Waals surface area contributed by atoms with Gasteiger partial charge in [-0.25, -0.2) is 9.97 Å². The zero-order valence-corrected chi connectivity index (χ0v) is 25.2. The predicted molar refractivity (Wildman–Crippen MR) is 114 cm³/mol. The van der Waals surface area contributed by atoms with Crippen molar-refractivity contribution < 1.29 is 98.1 Å². The number of hydrogen-bond donors (Lipinski definition) is 2. The van der Waals surface area contributed by atoms with E-state index in [-0.39, 0.29) is 97.6 Å². The molecule has 16 heteroatoms. The third-order valence-electron chi connectivity index (χ3n) is 5.74. The van der Waals surface area contributed by atoms with E-state index in [1.165, 1.54) is 25.0 Å². The Bertz CT molecular complexity index is 1000. The molecule has 2 aromatic rings. The molecule has 2 aromatic heterocycles. The van der Waals surface area contributed by atoms with Crippen molar-refractivity contribution in [2.24, 2.45) is 0 Å². The van der Waals surface area contributed by atoms with Gasteiger partial charge in [0.25, 0.3) is 0 Å². The van der Waals surface area contributed by atoms with Crippen molar-refractivity contribution in [3.05, 3.63) is 36.4 Å². The average Bonchev–Trinajstić information content (AvgIpc) is 3.52. The second-order valence-electron chi connectivity index (χ2n) is 8.25. The Morgan fingerprint density at radius 3 is 1.26 bits per heavy atom. The number of amides is 4. The van der Waals surface area contributed by atoms with Gasteiger partial charge in [0.2, 0.25) is 23.6 Å². The van der Waals surface area contributed by atoms with Crippen LogP contribution < -0.4 is 69.3 Å². The third-order valence-corrected chi connectivity index (χ3v) is 5.74. The van der Waals surface area contributed by atoms with Crippen LogP contribution >= 0.6 is 0 Å². The summed E-state index contributed by atoms with van der Waals surface area (Å²) in [6.45, 7) is 0. The number of carboxylic acid groups (broad SMARTS) is 2. The number of carbonyl (C=O) groups is 6. The van der Waals surface area contributed by atoms with E-state index >= 15 is 0 Å². The Hall–Kier alpha value is -2.36. The fraction of sp³-hybridized carbons (Fsp3) is 0.455. The minimum absolute atomic E-state index is 0. The number of piperidine rings is 2. The molecular weight excluding hydrogens is 522 g/mol. The van der Waals surface area contributed by atoms with Crippen molar-refractivity contribution in [2.45, 2.75) is 63.5 Å². The molecule has 38 heavy (non-hydrogen) atoms. The van der Waals surface area contributed by atoms with Crippen LogP contribution in [0.25, 0.3) is 0 Å². The van der Waals surface area contributed by atoms with Crippen molar-refractivity contribution >= 4 is 35.6 Å². The first-order chi connectivity index (χ1) is 17.2. The maximum absolute atomic E-state index is 11.7. The number of hydrogen-bond acceptors (Lipinski definition) is 10. The molecule has 2 fully saturated rings. The molecule has 0 bridgehead atoms. The zero-order valence-electron chi connectivity index (χ0n) is 21.2. The molecule has 2 aliphatic heterocycles. The number of aromatic nitrogens is 4. The van der Waals surface area contributed by atoms with Gasteiger partial charge in [0.1, 0.15) is 0 Å². The van der Waals surface area contributed by atoms with E-state index in [0.717, 1.165) is 9.80 Å². The SMILES string of the molecule is O=C([O-])[C@H](Cc1cnc[nH]1)N1C(=O)CCCC1=O.O=C([O-])[C@H](Cc1cnc[nH]1)N1C(=O)CCCC1=O.[Na+].[Na+]. The number of nitrogens with zero attached hydrogens (tertiary/aromatic N) is 4.